The van der Waals surface area contributed by atoms with E-state index >= 15 is 0 Å². The highest BCUT2D eigenvalue weighted by Crippen LogP contribution is 2.49. The van der Waals surface area contributed by atoms with Gasteiger partial charge in [-0.1, -0.05) is 39.0 Å². The summed E-state index contributed by atoms with van der Waals surface area (Å²) in [6.07, 6.45) is 7.01. The van der Waals surface area contributed by atoms with Crippen molar-refractivity contribution in [2.75, 3.05) is 65.0 Å². The van der Waals surface area contributed by atoms with Crippen LogP contribution in [0.2, 0.25) is 0 Å². The molecule has 0 bridgehead atoms. The van der Waals surface area contributed by atoms with Gasteiger partial charge in [-0.05, 0) is 153 Å². The Hall–Kier alpha value is -4.74. The molecular formula is C51H69N5O6. The van der Waals surface area contributed by atoms with Gasteiger partial charge in [0.1, 0.15) is 0 Å². The van der Waals surface area contributed by atoms with Crippen LogP contribution in [0.4, 0.5) is 10.5 Å². The van der Waals surface area contributed by atoms with Crippen LogP contribution in [0.1, 0.15) is 149 Å². The molecule has 3 heterocycles. The summed E-state index contributed by atoms with van der Waals surface area (Å²) in [4.78, 5) is 48.4. The quantitative estimate of drug-likeness (QED) is 0.117. The first kappa shape index (κ1) is 45.3. The number of ether oxygens (including phenoxy) is 3. The molecule has 3 aliphatic heterocycles. The van der Waals surface area contributed by atoms with Crippen molar-refractivity contribution in [3.8, 4) is 0 Å². The molecule has 334 valence electrons. The number of benzene rings is 3. The number of carbonyl (C=O) groups is 3. The first-order chi connectivity index (χ1) is 29.5. The number of nitrogens with zero attached hydrogens (tertiary/aromatic N) is 3. The van der Waals surface area contributed by atoms with Gasteiger partial charge in [-0.15, -0.1) is 0 Å². The number of hydrogen-bond donors (Lipinski definition) is 2. The van der Waals surface area contributed by atoms with E-state index in [1.54, 1.807) is 4.90 Å². The van der Waals surface area contributed by atoms with Crippen molar-refractivity contribution in [1.29, 1.82) is 0 Å². The van der Waals surface area contributed by atoms with Gasteiger partial charge < -0.3 is 34.6 Å². The first-order valence-electron chi connectivity index (χ1n) is 23.0. The molecule has 0 fully saturated rings. The number of carbonyl (C=O) groups excluding carboxylic acids is 3. The Kier molecular flexibility index (Phi) is 13.5. The number of anilines is 1. The van der Waals surface area contributed by atoms with Gasteiger partial charge in [0, 0.05) is 69.8 Å². The van der Waals surface area contributed by atoms with Crippen LogP contribution in [0.5, 0.6) is 0 Å². The Morgan fingerprint density at radius 2 is 1.66 bits per heavy atom. The molecule has 0 aromatic heterocycles. The number of amides is 3. The summed E-state index contributed by atoms with van der Waals surface area (Å²) >= 11 is 0. The van der Waals surface area contributed by atoms with Crippen molar-refractivity contribution in [3.63, 3.8) is 0 Å². The van der Waals surface area contributed by atoms with Crippen molar-refractivity contribution < 1.29 is 28.6 Å². The van der Waals surface area contributed by atoms with Gasteiger partial charge in [0.25, 0.3) is 5.91 Å². The van der Waals surface area contributed by atoms with Crippen LogP contribution in [0.25, 0.3) is 5.57 Å². The lowest BCUT2D eigenvalue weighted by Crippen LogP contribution is -2.42. The molecule has 11 nitrogen and oxygen atoms in total. The monoisotopic (exact) mass is 848 g/mol. The second-order valence-electron chi connectivity index (χ2n) is 19.4. The third-order valence-corrected chi connectivity index (χ3v) is 13.2. The highest BCUT2D eigenvalue weighted by Gasteiger charge is 2.41. The molecular weight excluding hydrogens is 779 g/mol. The minimum absolute atomic E-state index is 0.0454. The van der Waals surface area contributed by atoms with E-state index in [4.69, 9.17) is 19.2 Å². The molecule has 4 aliphatic rings. The van der Waals surface area contributed by atoms with Crippen molar-refractivity contribution in [2.45, 2.75) is 129 Å². The number of rotatable bonds is 16. The standard InChI is InChI=1S/C51H69N5O6/c1-33-32-49(2,3)54-42-31-41-39(30-38(33)42)44(40-29-34-17-12-24-56-25-13-20-37(46(34)56)45(40)50(41,4)5)35-18-10-11-19-36(35)47(58)55(9)23-14-21-43(57)53-22-15-27-61-51(6,7)62-28-16-26-60-48(59)52-8/h10-11,18-19,29-31,33H,12-17,20-28,32H2,1-9H3,(H,52,59)(H,53,57). The molecule has 7 rings (SSSR count). The van der Waals surface area contributed by atoms with E-state index in [0.717, 1.165) is 61.7 Å². The summed E-state index contributed by atoms with van der Waals surface area (Å²) in [5, 5.41) is 7.72. The Morgan fingerprint density at radius 1 is 0.935 bits per heavy atom. The number of hydrogen-bond acceptors (Lipinski definition) is 8. The van der Waals surface area contributed by atoms with Crippen LogP contribution in [0, 0.1) is 0 Å². The molecule has 3 aromatic rings. The van der Waals surface area contributed by atoms with Gasteiger partial charge in [0.15, 0.2) is 5.79 Å². The number of aryl methyl sites for hydroxylation is 1. The Bertz CT molecular complexity index is 2310. The average Bonchev–Trinajstić information content (AvgIpc) is 3.22. The molecule has 11 heteroatoms. The lowest BCUT2D eigenvalue weighted by molar-refractivity contribution is -0.214. The maximum Gasteiger partial charge on any atom is 0.406 e. The molecule has 1 atom stereocenters. The smallest absolute Gasteiger partial charge is 0.406 e. The minimum Gasteiger partial charge on any atom is -0.449 e. The number of nitrogens with one attached hydrogen (secondary N) is 2. The van der Waals surface area contributed by atoms with Gasteiger partial charge >= 0.3 is 6.09 Å². The fraction of sp³-hybridized carbons (Fsp3) is 0.569. The van der Waals surface area contributed by atoms with Crippen LogP contribution in [0.3, 0.4) is 0 Å². The summed E-state index contributed by atoms with van der Waals surface area (Å²) in [5.74, 6) is -0.540. The van der Waals surface area contributed by atoms with Crippen LogP contribution >= 0.6 is 0 Å². The molecule has 0 saturated carbocycles. The predicted molar refractivity (Wildman–Crippen MR) is 245 cm³/mol. The summed E-state index contributed by atoms with van der Waals surface area (Å²) in [7, 11) is 3.37. The van der Waals surface area contributed by atoms with Crippen molar-refractivity contribution in [2.24, 2.45) is 4.99 Å². The number of alkyl carbamates (subject to hydrolysis) is 1. The van der Waals surface area contributed by atoms with Crippen LogP contribution < -0.4 is 26.1 Å². The zero-order valence-electron chi connectivity index (χ0n) is 38.7. The minimum atomic E-state index is -0.797. The SMILES string of the molecule is CNC(=O)OCCCOC(C)(C)OCCCNC(=O)CCCN(C)C(=O)c1ccccc1C1=c2cc3c(cc2C(C)(C)c2c1cc1c4c2CCCN4CCC1)=NC(C)(C)CC3C. The van der Waals surface area contributed by atoms with Crippen molar-refractivity contribution in [3.05, 3.63) is 97.5 Å². The lowest BCUT2D eigenvalue weighted by Gasteiger charge is -2.44. The molecule has 1 unspecified atom stereocenters. The van der Waals surface area contributed by atoms with E-state index in [1.807, 2.05) is 33.0 Å². The zero-order chi connectivity index (χ0) is 44.4. The van der Waals surface area contributed by atoms with E-state index < -0.39 is 11.9 Å². The second-order valence-corrected chi connectivity index (χ2v) is 19.4. The topological polar surface area (TPSA) is 122 Å². The third kappa shape index (κ3) is 9.59. The molecule has 1 aliphatic carbocycles. The van der Waals surface area contributed by atoms with Gasteiger partial charge in [0.2, 0.25) is 5.91 Å². The van der Waals surface area contributed by atoms with Gasteiger partial charge in [-0.2, -0.15) is 0 Å². The maximum absolute atomic E-state index is 14.6. The Labute approximate surface area is 368 Å². The van der Waals surface area contributed by atoms with Crippen molar-refractivity contribution >= 4 is 29.2 Å². The van der Waals surface area contributed by atoms with Gasteiger partial charge in [-0.25, -0.2) is 4.79 Å². The average molecular weight is 848 g/mol. The summed E-state index contributed by atoms with van der Waals surface area (Å²) in [6, 6.07) is 15.5. The van der Waals surface area contributed by atoms with E-state index in [-0.39, 0.29) is 29.4 Å². The third-order valence-electron chi connectivity index (χ3n) is 13.2. The highest BCUT2D eigenvalue weighted by molar-refractivity contribution is 6.02. The van der Waals surface area contributed by atoms with E-state index in [9.17, 15) is 14.4 Å². The molecule has 3 aromatic carbocycles. The molecule has 3 amide bonds. The van der Waals surface area contributed by atoms with Gasteiger partial charge in [-0.3, -0.25) is 14.6 Å². The van der Waals surface area contributed by atoms with Crippen LogP contribution in [-0.4, -0.2) is 94.2 Å². The molecule has 0 saturated heterocycles. The lowest BCUT2D eigenvalue weighted by atomic mass is 9.64. The number of fused-ring (bicyclic) bond motifs is 4. The van der Waals surface area contributed by atoms with Crippen LogP contribution in [0.15, 0.2) is 47.5 Å². The molecule has 0 spiro atoms. The summed E-state index contributed by atoms with van der Waals surface area (Å²) in [6.45, 7) is 19.5. The van der Waals surface area contributed by atoms with E-state index in [1.165, 1.54) is 51.3 Å². The summed E-state index contributed by atoms with van der Waals surface area (Å²) in [5.41, 5.74) is 12.0. The molecule has 62 heavy (non-hydrogen) atoms. The fourth-order valence-corrected chi connectivity index (χ4v) is 10.4. The largest absolute Gasteiger partial charge is 0.449 e. The highest BCUT2D eigenvalue weighted by atomic mass is 16.7. The second kappa shape index (κ2) is 18.5. The molecule has 2 N–H and O–H groups in total. The predicted octanol–water partition coefficient (Wildman–Crippen LogP) is 7.05. The first-order valence-corrected chi connectivity index (χ1v) is 23.0. The van der Waals surface area contributed by atoms with E-state index in [2.05, 4.69) is 80.5 Å². The fourth-order valence-electron chi connectivity index (χ4n) is 10.4. The molecule has 0 radical (unpaired) electrons. The summed E-state index contributed by atoms with van der Waals surface area (Å²) < 4.78 is 16.6. The van der Waals surface area contributed by atoms with E-state index in [0.29, 0.717) is 63.5 Å². The zero-order valence-corrected chi connectivity index (χ0v) is 38.7. The Balaban J connectivity index is 1.08. The maximum atomic E-state index is 14.6. The Morgan fingerprint density at radius 3 is 2.42 bits per heavy atom. The normalized spacial score (nSPS) is 18.0. The van der Waals surface area contributed by atoms with Gasteiger partial charge in [0.05, 0.1) is 30.7 Å². The van der Waals surface area contributed by atoms with Crippen molar-refractivity contribution in [1.82, 2.24) is 15.5 Å². The van der Waals surface area contributed by atoms with Crippen LogP contribution in [-0.2, 0) is 37.3 Å².